The second-order valence-corrected chi connectivity index (χ2v) is 4.60. The number of nitrogens with zero attached hydrogens (tertiary/aromatic N) is 2. The first-order chi connectivity index (χ1) is 6.79. The Kier molecular flexibility index (Phi) is 3.38. The van der Waals surface area contributed by atoms with Gasteiger partial charge in [-0.2, -0.15) is 0 Å². The van der Waals surface area contributed by atoms with Crippen LogP contribution in [0.2, 0.25) is 0 Å². The van der Waals surface area contributed by atoms with Crippen molar-refractivity contribution >= 4 is 0 Å². The van der Waals surface area contributed by atoms with Crippen LogP contribution < -0.4 is 11.2 Å². The van der Waals surface area contributed by atoms with Gasteiger partial charge in [-0.1, -0.05) is 0 Å². The van der Waals surface area contributed by atoms with Crippen LogP contribution in [-0.2, 0) is 0 Å². The molecule has 1 unspecified atom stereocenters. The van der Waals surface area contributed by atoms with Gasteiger partial charge >= 0.3 is 0 Å². The maximum Gasteiger partial charge on any atom is 0.0366 e. The van der Waals surface area contributed by atoms with Gasteiger partial charge in [0.05, 0.1) is 0 Å². The minimum absolute atomic E-state index is 0.526. The van der Waals surface area contributed by atoms with E-state index in [9.17, 15) is 0 Å². The highest BCUT2D eigenvalue weighted by Gasteiger charge is 2.31. The summed E-state index contributed by atoms with van der Waals surface area (Å²) in [6, 6.07) is 0.526. The lowest BCUT2D eigenvalue weighted by atomic mass is 10.2. The summed E-state index contributed by atoms with van der Waals surface area (Å²) in [7, 11) is 2.18. The molecule has 0 amide bonds. The third-order valence-electron chi connectivity index (χ3n) is 3.30. The maximum absolute atomic E-state index is 5.76. The molecule has 0 aromatic rings. The molecule has 0 radical (unpaired) electrons. The molecule has 1 atom stereocenters. The minimum atomic E-state index is 0.526. The number of nitrogens with two attached hydrogens (primary N) is 1. The van der Waals surface area contributed by atoms with Crippen molar-refractivity contribution in [2.45, 2.75) is 18.9 Å². The van der Waals surface area contributed by atoms with Crippen LogP contribution in [0.1, 0.15) is 12.8 Å². The topological polar surface area (TPSA) is 44.5 Å². The van der Waals surface area contributed by atoms with E-state index in [0.717, 1.165) is 38.6 Å². The average Bonchev–Trinajstić information content (AvgIpc) is 3.01. The van der Waals surface area contributed by atoms with Gasteiger partial charge in [-0.3, -0.25) is 5.43 Å². The molecule has 1 aliphatic heterocycles. The second kappa shape index (κ2) is 4.57. The summed E-state index contributed by atoms with van der Waals surface area (Å²) in [5, 5.41) is 2.34. The van der Waals surface area contributed by atoms with E-state index in [1.165, 1.54) is 12.8 Å². The summed E-state index contributed by atoms with van der Waals surface area (Å²) in [5.41, 5.74) is 9.33. The predicted octanol–water partition coefficient (Wildman–Crippen LogP) is -0.524. The van der Waals surface area contributed by atoms with Crippen molar-refractivity contribution in [3.63, 3.8) is 0 Å². The number of hydrogen-bond donors (Lipinski definition) is 2. The molecule has 2 rings (SSSR count). The zero-order chi connectivity index (χ0) is 9.97. The van der Waals surface area contributed by atoms with Crippen LogP contribution in [-0.4, -0.2) is 55.7 Å². The SMILES string of the molecule is CN1CCN(NC(CN)C2CC2)CC1. The third-order valence-corrected chi connectivity index (χ3v) is 3.30. The Morgan fingerprint density at radius 1 is 1.29 bits per heavy atom. The van der Waals surface area contributed by atoms with Crippen LogP contribution >= 0.6 is 0 Å². The number of rotatable bonds is 4. The van der Waals surface area contributed by atoms with E-state index in [0.29, 0.717) is 6.04 Å². The fourth-order valence-electron chi connectivity index (χ4n) is 2.02. The predicted molar refractivity (Wildman–Crippen MR) is 57.8 cm³/mol. The van der Waals surface area contributed by atoms with Crippen molar-refractivity contribution in [1.29, 1.82) is 0 Å². The maximum atomic E-state index is 5.76. The molecule has 1 heterocycles. The van der Waals surface area contributed by atoms with Crippen LogP contribution in [0, 0.1) is 5.92 Å². The van der Waals surface area contributed by atoms with Crippen LogP contribution in [0.25, 0.3) is 0 Å². The molecular formula is C10H22N4. The van der Waals surface area contributed by atoms with Crippen molar-refractivity contribution in [2.24, 2.45) is 11.7 Å². The zero-order valence-electron chi connectivity index (χ0n) is 9.08. The first-order valence-electron chi connectivity index (χ1n) is 5.69. The Labute approximate surface area is 86.4 Å². The fourth-order valence-corrected chi connectivity index (χ4v) is 2.02. The smallest absolute Gasteiger partial charge is 0.0366 e. The Morgan fingerprint density at radius 2 is 1.93 bits per heavy atom. The van der Waals surface area contributed by atoms with Gasteiger partial charge in [-0.05, 0) is 25.8 Å². The van der Waals surface area contributed by atoms with Gasteiger partial charge in [-0.15, -0.1) is 0 Å². The summed E-state index contributed by atoms with van der Waals surface area (Å²) >= 11 is 0. The summed E-state index contributed by atoms with van der Waals surface area (Å²) in [5.74, 6) is 0.847. The van der Waals surface area contributed by atoms with Crippen molar-refractivity contribution in [1.82, 2.24) is 15.3 Å². The molecule has 0 bridgehead atoms. The van der Waals surface area contributed by atoms with Crippen LogP contribution in [0.4, 0.5) is 0 Å². The lowest BCUT2D eigenvalue weighted by Crippen LogP contribution is -2.55. The quantitative estimate of drug-likeness (QED) is 0.638. The van der Waals surface area contributed by atoms with E-state index in [4.69, 9.17) is 5.73 Å². The zero-order valence-corrected chi connectivity index (χ0v) is 9.08. The number of likely N-dealkylation sites (N-methyl/N-ethyl adjacent to an activating group) is 1. The van der Waals surface area contributed by atoms with Gasteiger partial charge in [0.15, 0.2) is 0 Å². The summed E-state index contributed by atoms with van der Waals surface area (Å²) in [6.45, 7) is 5.35. The number of hydrazine groups is 1. The van der Waals surface area contributed by atoms with E-state index in [-0.39, 0.29) is 0 Å². The van der Waals surface area contributed by atoms with E-state index >= 15 is 0 Å². The van der Waals surface area contributed by atoms with E-state index in [1.807, 2.05) is 0 Å². The van der Waals surface area contributed by atoms with Gasteiger partial charge in [0.25, 0.3) is 0 Å². The summed E-state index contributed by atoms with van der Waals surface area (Å²) in [4.78, 5) is 2.37. The van der Waals surface area contributed by atoms with Crippen molar-refractivity contribution in [3.05, 3.63) is 0 Å². The highest BCUT2D eigenvalue weighted by Crippen LogP contribution is 2.32. The van der Waals surface area contributed by atoms with E-state index in [2.05, 4.69) is 22.4 Å². The Bertz CT molecular complexity index is 173. The van der Waals surface area contributed by atoms with Crippen LogP contribution in [0.3, 0.4) is 0 Å². The van der Waals surface area contributed by atoms with Crippen molar-refractivity contribution in [2.75, 3.05) is 39.8 Å². The molecule has 14 heavy (non-hydrogen) atoms. The molecule has 2 fully saturated rings. The summed E-state index contributed by atoms with van der Waals surface area (Å²) < 4.78 is 0. The summed E-state index contributed by atoms with van der Waals surface area (Å²) in [6.07, 6.45) is 2.73. The monoisotopic (exact) mass is 198 g/mol. The lowest BCUT2D eigenvalue weighted by Gasteiger charge is -2.35. The molecule has 1 saturated heterocycles. The second-order valence-electron chi connectivity index (χ2n) is 4.60. The average molecular weight is 198 g/mol. The number of nitrogens with one attached hydrogen (secondary N) is 1. The fraction of sp³-hybridized carbons (Fsp3) is 1.00. The molecule has 3 N–H and O–H groups in total. The largest absolute Gasteiger partial charge is 0.329 e. The van der Waals surface area contributed by atoms with E-state index < -0.39 is 0 Å². The molecule has 82 valence electrons. The first-order valence-corrected chi connectivity index (χ1v) is 5.69. The first kappa shape index (κ1) is 10.4. The Morgan fingerprint density at radius 3 is 2.43 bits per heavy atom. The minimum Gasteiger partial charge on any atom is -0.329 e. The molecule has 0 aromatic carbocycles. The molecule has 0 spiro atoms. The lowest BCUT2D eigenvalue weighted by molar-refractivity contribution is 0.0837. The van der Waals surface area contributed by atoms with Crippen molar-refractivity contribution in [3.8, 4) is 0 Å². The number of piperazine rings is 1. The Hall–Kier alpha value is -0.160. The molecular weight excluding hydrogens is 176 g/mol. The van der Waals surface area contributed by atoms with E-state index in [1.54, 1.807) is 0 Å². The number of hydrogen-bond acceptors (Lipinski definition) is 4. The van der Waals surface area contributed by atoms with Gasteiger partial charge in [-0.25, -0.2) is 5.01 Å². The molecule has 4 heteroatoms. The van der Waals surface area contributed by atoms with Gasteiger partial charge in [0.1, 0.15) is 0 Å². The molecule has 2 aliphatic rings. The Balaban J connectivity index is 1.72. The highest BCUT2D eigenvalue weighted by atomic mass is 15.5. The van der Waals surface area contributed by atoms with Gasteiger partial charge < -0.3 is 10.6 Å². The van der Waals surface area contributed by atoms with Gasteiger partial charge in [0.2, 0.25) is 0 Å². The molecule has 1 saturated carbocycles. The molecule has 4 nitrogen and oxygen atoms in total. The third kappa shape index (κ3) is 2.67. The van der Waals surface area contributed by atoms with Gasteiger partial charge in [0, 0.05) is 38.8 Å². The molecule has 0 aromatic heterocycles. The normalized spacial score (nSPS) is 27.9. The van der Waals surface area contributed by atoms with Crippen LogP contribution in [0.15, 0.2) is 0 Å². The molecule has 1 aliphatic carbocycles. The standard InChI is InChI=1S/C10H22N4/c1-13-4-6-14(7-5-13)12-10(8-11)9-2-3-9/h9-10,12H,2-8,11H2,1H3. The van der Waals surface area contributed by atoms with Crippen LogP contribution in [0.5, 0.6) is 0 Å². The highest BCUT2D eigenvalue weighted by molar-refractivity contribution is 4.86. The van der Waals surface area contributed by atoms with Crippen molar-refractivity contribution < 1.29 is 0 Å².